The summed E-state index contributed by atoms with van der Waals surface area (Å²) in [5.74, 6) is 1.08. The number of benzene rings is 1. The van der Waals surface area contributed by atoms with Crippen LogP contribution in [0.25, 0.3) is 0 Å². The number of rotatable bonds is 2. The number of hydrogen-bond acceptors (Lipinski definition) is 6. The molecule has 0 saturated carbocycles. The van der Waals surface area contributed by atoms with E-state index in [1.54, 1.807) is 6.20 Å². The Morgan fingerprint density at radius 2 is 2.19 bits per heavy atom. The second-order valence-corrected chi connectivity index (χ2v) is 7.38. The molecule has 1 aromatic heterocycles. The number of para-hydroxylation sites is 1. The molecule has 4 heterocycles. The van der Waals surface area contributed by atoms with Crippen molar-refractivity contribution in [2.24, 2.45) is 0 Å². The molecule has 0 unspecified atom stereocenters. The molecule has 2 aromatic rings. The first-order valence-corrected chi connectivity index (χ1v) is 9.49. The predicted octanol–water partition coefficient (Wildman–Crippen LogP) is 0.845. The monoisotopic (exact) mass is 369 g/mol. The molecule has 0 aliphatic carbocycles. The molecule has 8 heteroatoms. The minimum Gasteiger partial charge on any atom is -0.492 e. The summed E-state index contributed by atoms with van der Waals surface area (Å²) in [5, 5.41) is 8.18. The van der Waals surface area contributed by atoms with E-state index in [1.165, 1.54) is 0 Å². The van der Waals surface area contributed by atoms with Gasteiger partial charge >= 0.3 is 0 Å². The Morgan fingerprint density at radius 1 is 1.26 bits per heavy atom. The molecular weight excluding hydrogens is 346 g/mol. The highest BCUT2D eigenvalue weighted by Gasteiger charge is 2.38. The summed E-state index contributed by atoms with van der Waals surface area (Å²) in [5.41, 5.74) is 2.15. The zero-order chi connectivity index (χ0) is 18.2. The van der Waals surface area contributed by atoms with Gasteiger partial charge in [-0.25, -0.2) is 4.68 Å². The molecule has 1 fully saturated rings. The number of carbonyl (C=O) groups is 1. The maximum atomic E-state index is 12.9. The summed E-state index contributed by atoms with van der Waals surface area (Å²) < 4.78 is 13.7. The number of hydrogen-bond donors (Lipinski definition) is 0. The standard InChI is InChI=1S/C19H23N5O3/c25-19(12-22-7-8-26-17-4-2-1-3-14(17)10-22)23-6-5-16-18(11-23)27-13-15-9-20-21-24(15)16/h1-4,9,16,18H,5-8,10-13H2/t16-,18-/m0/s1. The van der Waals surface area contributed by atoms with Gasteiger partial charge in [0.2, 0.25) is 5.91 Å². The highest BCUT2D eigenvalue weighted by Crippen LogP contribution is 2.30. The van der Waals surface area contributed by atoms with Gasteiger partial charge in [-0.1, -0.05) is 23.4 Å². The van der Waals surface area contributed by atoms with Crippen LogP contribution < -0.4 is 4.74 Å². The Hall–Kier alpha value is -2.45. The van der Waals surface area contributed by atoms with Gasteiger partial charge < -0.3 is 14.4 Å². The Labute approximate surface area is 157 Å². The Balaban J connectivity index is 1.23. The average molecular weight is 369 g/mol. The van der Waals surface area contributed by atoms with Crippen molar-refractivity contribution in [1.82, 2.24) is 24.8 Å². The van der Waals surface area contributed by atoms with E-state index in [4.69, 9.17) is 9.47 Å². The van der Waals surface area contributed by atoms with Gasteiger partial charge in [0.1, 0.15) is 12.4 Å². The van der Waals surface area contributed by atoms with Gasteiger partial charge in [0.15, 0.2) is 0 Å². The maximum absolute atomic E-state index is 12.9. The van der Waals surface area contributed by atoms with E-state index >= 15 is 0 Å². The Kier molecular flexibility index (Phi) is 4.29. The largest absolute Gasteiger partial charge is 0.492 e. The molecule has 142 valence electrons. The van der Waals surface area contributed by atoms with Gasteiger partial charge in [0.25, 0.3) is 0 Å². The van der Waals surface area contributed by atoms with Crippen molar-refractivity contribution in [2.45, 2.75) is 31.7 Å². The van der Waals surface area contributed by atoms with Crippen LogP contribution in [0.4, 0.5) is 0 Å². The molecule has 27 heavy (non-hydrogen) atoms. The predicted molar refractivity (Wildman–Crippen MR) is 96.0 cm³/mol. The van der Waals surface area contributed by atoms with Gasteiger partial charge in [-0.05, 0) is 12.5 Å². The lowest BCUT2D eigenvalue weighted by Crippen LogP contribution is -2.52. The van der Waals surface area contributed by atoms with Crippen molar-refractivity contribution in [3.05, 3.63) is 41.7 Å². The van der Waals surface area contributed by atoms with Crippen LogP contribution in [0, 0.1) is 0 Å². The third kappa shape index (κ3) is 3.19. The number of likely N-dealkylation sites (tertiary alicyclic amines) is 1. The van der Waals surface area contributed by atoms with Crippen molar-refractivity contribution in [3.8, 4) is 5.75 Å². The Morgan fingerprint density at radius 3 is 3.15 bits per heavy atom. The lowest BCUT2D eigenvalue weighted by atomic mass is 10.00. The molecule has 0 spiro atoms. The summed E-state index contributed by atoms with van der Waals surface area (Å²) in [7, 11) is 0. The van der Waals surface area contributed by atoms with Crippen LogP contribution in [0.5, 0.6) is 5.75 Å². The molecule has 0 N–H and O–H groups in total. The molecule has 1 aromatic carbocycles. The number of nitrogens with zero attached hydrogens (tertiary/aromatic N) is 5. The minimum absolute atomic E-state index is 0.00917. The summed E-state index contributed by atoms with van der Waals surface area (Å²) in [6.45, 7) is 4.35. The van der Waals surface area contributed by atoms with Crippen LogP contribution in [0.3, 0.4) is 0 Å². The highest BCUT2D eigenvalue weighted by molar-refractivity contribution is 5.78. The summed E-state index contributed by atoms with van der Waals surface area (Å²) >= 11 is 0. The zero-order valence-corrected chi connectivity index (χ0v) is 15.2. The van der Waals surface area contributed by atoms with E-state index in [2.05, 4.69) is 21.3 Å². The summed E-state index contributed by atoms with van der Waals surface area (Å²) in [6.07, 6.45) is 2.59. The van der Waals surface area contributed by atoms with Crippen LogP contribution in [-0.2, 0) is 22.7 Å². The first-order valence-electron chi connectivity index (χ1n) is 9.49. The minimum atomic E-state index is -0.00917. The van der Waals surface area contributed by atoms with Crippen molar-refractivity contribution in [1.29, 1.82) is 0 Å². The van der Waals surface area contributed by atoms with E-state index < -0.39 is 0 Å². The molecule has 3 aliphatic rings. The zero-order valence-electron chi connectivity index (χ0n) is 15.2. The number of fused-ring (bicyclic) bond motifs is 4. The topological polar surface area (TPSA) is 72.7 Å². The van der Waals surface area contributed by atoms with E-state index in [1.807, 2.05) is 27.8 Å². The number of ether oxygens (including phenoxy) is 2. The molecule has 3 aliphatic heterocycles. The lowest BCUT2D eigenvalue weighted by molar-refractivity contribution is -0.140. The fourth-order valence-corrected chi connectivity index (χ4v) is 4.22. The van der Waals surface area contributed by atoms with Crippen molar-refractivity contribution in [2.75, 3.05) is 32.8 Å². The molecule has 0 radical (unpaired) electrons. The molecule has 5 rings (SSSR count). The van der Waals surface area contributed by atoms with Gasteiger partial charge in [0.05, 0.1) is 37.2 Å². The van der Waals surface area contributed by atoms with E-state index in [0.29, 0.717) is 26.3 Å². The van der Waals surface area contributed by atoms with Crippen molar-refractivity contribution >= 4 is 5.91 Å². The van der Waals surface area contributed by atoms with Crippen LogP contribution in [0.1, 0.15) is 23.7 Å². The molecular formula is C19H23N5O3. The number of aromatic nitrogens is 3. The smallest absolute Gasteiger partial charge is 0.236 e. The fraction of sp³-hybridized carbons (Fsp3) is 0.526. The fourth-order valence-electron chi connectivity index (χ4n) is 4.22. The van der Waals surface area contributed by atoms with Crippen LogP contribution in [0.2, 0.25) is 0 Å². The van der Waals surface area contributed by atoms with Crippen LogP contribution >= 0.6 is 0 Å². The third-order valence-corrected chi connectivity index (χ3v) is 5.68. The number of amides is 1. The highest BCUT2D eigenvalue weighted by atomic mass is 16.5. The second-order valence-electron chi connectivity index (χ2n) is 7.38. The van der Waals surface area contributed by atoms with Gasteiger partial charge in [-0.15, -0.1) is 5.10 Å². The number of carbonyl (C=O) groups excluding carboxylic acids is 1. The summed E-state index contributed by atoms with van der Waals surface area (Å²) in [4.78, 5) is 17.0. The average Bonchev–Trinajstić information content (AvgIpc) is 3.09. The number of piperidine rings is 1. The van der Waals surface area contributed by atoms with Gasteiger partial charge in [-0.3, -0.25) is 9.69 Å². The molecule has 8 nitrogen and oxygen atoms in total. The SMILES string of the molecule is O=C(CN1CCOc2ccccc2C1)N1CC[C@H]2[C@H](C1)OCc1cnnn12. The first-order chi connectivity index (χ1) is 13.3. The van der Waals surface area contributed by atoms with E-state index in [-0.39, 0.29) is 18.1 Å². The van der Waals surface area contributed by atoms with Gasteiger partial charge in [0, 0.05) is 31.7 Å². The van der Waals surface area contributed by atoms with E-state index in [0.717, 1.165) is 43.1 Å². The maximum Gasteiger partial charge on any atom is 0.236 e. The van der Waals surface area contributed by atoms with E-state index in [9.17, 15) is 4.79 Å². The quantitative estimate of drug-likeness (QED) is 0.781. The van der Waals surface area contributed by atoms with Crippen molar-refractivity contribution in [3.63, 3.8) is 0 Å². The Bertz CT molecular complexity index is 838. The first kappa shape index (κ1) is 16.7. The molecule has 2 atom stereocenters. The molecule has 1 saturated heterocycles. The normalized spacial score (nSPS) is 25.0. The lowest BCUT2D eigenvalue weighted by Gasteiger charge is -2.41. The van der Waals surface area contributed by atoms with Gasteiger partial charge in [-0.2, -0.15) is 0 Å². The van der Waals surface area contributed by atoms with Crippen LogP contribution in [-0.4, -0.2) is 69.6 Å². The van der Waals surface area contributed by atoms with Crippen LogP contribution in [0.15, 0.2) is 30.5 Å². The third-order valence-electron chi connectivity index (χ3n) is 5.68. The molecule has 1 amide bonds. The summed E-state index contributed by atoms with van der Waals surface area (Å²) in [6, 6.07) is 8.23. The second kappa shape index (κ2) is 6.94. The molecule has 0 bridgehead atoms. The van der Waals surface area contributed by atoms with Crippen molar-refractivity contribution < 1.29 is 14.3 Å².